The summed E-state index contributed by atoms with van der Waals surface area (Å²) < 4.78 is 0. The van der Waals surface area contributed by atoms with E-state index in [2.05, 4.69) is 41.9 Å². The summed E-state index contributed by atoms with van der Waals surface area (Å²) in [7, 11) is 2.70. The first-order valence-electron chi connectivity index (χ1n) is 7.28. The van der Waals surface area contributed by atoms with Crippen LogP contribution in [0.5, 0.6) is 0 Å². The molecule has 2 unspecified atom stereocenters. The first-order chi connectivity index (χ1) is 7.62. The van der Waals surface area contributed by atoms with Gasteiger partial charge in [0, 0.05) is 5.54 Å². The van der Waals surface area contributed by atoms with E-state index in [-0.39, 0.29) is 10.9 Å². The summed E-state index contributed by atoms with van der Waals surface area (Å²) in [6.07, 6.45) is 8.05. The summed E-state index contributed by atoms with van der Waals surface area (Å²) in [5.41, 5.74) is 6.84. The number of fused-ring (bicyclic) bond motifs is 2. The van der Waals surface area contributed by atoms with Crippen molar-refractivity contribution in [3.05, 3.63) is 0 Å². The smallest absolute Gasteiger partial charge is 0.129 e. The number of hydrogen-bond donors (Lipinski definition) is 1. The molecule has 2 heteroatoms. The molecule has 2 bridgehead atoms. The molecule has 17 heavy (non-hydrogen) atoms. The third-order valence-corrected chi connectivity index (χ3v) is 5.84. The fourth-order valence-corrected chi connectivity index (χ4v) is 4.19. The second kappa shape index (κ2) is 3.76. The van der Waals surface area contributed by atoms with Crippen LogP contribution in [-0.2, 0) is 0 Å². The quantitative estimate of drug-likeness (QED) is 0.677. The van der Waals surface area contributed by atoms with Gasteiger partial charge in [-0.15, -0.1) is 0 Å². The normalized spacial score (nSPS) is 38.7. The van der Waals surface area contributed by atoms with Crippen LogP contribution >= 0.6 is 0 Å². The Kier molecular flexibility index (Phi) is 2.97. The minimum atomic E-state index is -0.0651. The molecule has 2 aliphatic rings. The molecule has 2 N–H and O–H groups in total. The lowest BCUT2D eigenvalue weighted by molar-refractivity contribution is 0.219. The molecule has 0 aromatic rings. The average Bonchev–Trinajstić information content (AvgIpc) is 2.37. The summed E-state index contributed by atoms with van der Waals surface area (Å²) in [5.74, 6) is 0. The maximum Gasteiger partial charge on any atom is 0.129 e. The highest BCUT2D eigenvalue weighted by molar-refractivity contribution is 6.46. The zero-order chi connectivity index (χ0) is 12.9. The second-order valence-corrected chi connectivity index (χ2v) is 8.14. The summed E-state index contributed by atoms with van der Waals surface area (Å²) in [6.45, 7) is 11.7. The van der Waals surface area contributed by atoms with E-state index in [1.54, 1.807) is 0 Å². The predicted octanol–water partition coefficient (Wildman–Crippen LogP) is 4.16. The van der Waals surface area contributed by atoms with Crippen molar-refractivity contribution in [2.24, 2.45) is 11.1 Å². The molecule has 2 aliphatic heterocycles. The van der Waals surface area contributed by atoms with E-state index >= 15 is 0 Å². The largest absolute Gasteiger partial charge is 0.326 e. The fraction of sp³-hybridized carbons (Fsp3) is 1.00. The zero-order valence-electron chi connectivity index (χ0n) is 12.4. The van der Waals surface area contributed by atoms with Gasteiger partial charge in [0.1, 0.15) is 7.28 Å². The number of rotatable bonds is 1. The summed E-state index contributed by atoms with van der Waals surface area (Å²) >= 11 is 0. The van der Waals surface area contributed by atoms with Crippen LogP contribution in [0, 0.1) is 5.41 Å². The van der Waals surface area contributed by atoms with Crippen LogP contribution < -0.4 is 5.73 Å². The Labute approximate surface area is 108 Å². The highest BCUT2D eigenvalue weighted by Gasteiger charge is 2.58. The van der Waals surface area contributed by atoms with Crippen LogP contribution in [0.4, 0.5) is 0 Å². The third-order valence-electron chi connectivity index (χ3n) is 5.84. The molecule has 1 nitrogen and oxygen atoms in total. The van der Waals surface area contributed by atoms with Crippen LogP contribution in [-0.4, -0.2) is 12.8 Å². The van der Waals surface area contributed by atoms with Crippen molar-refractivity contribution in [2.75, 3.05) is 0 Å². The lowest BCUT2D eigenvalue weighted by atomic mass is 9.34. The van der Waals surface area contributed by atoms with Crippen molar-refractivity contribution in [1.82, 2.24) is 0 Å². The Bertz CT molecular complexity index is 269. The van der Waals surface area contributed by atoms with E-state index in [0.717, 1.165) is 0 Å². The maximum absolute atomic E-state index is 6.52. The van der Waals surface area contributed by atoms with Crippen LogP contribution in [0.3, 0.4) is 0 Å². The lowest BCUT2D eigenvalue weighted by Gasteiger charge is -2.45. The van der Waals surface area contributed by atoms with Crippen molar-refractivity contribution in [1.29, 1.82) is 0 Å². The Morgan fingerprint density at radius 3 is 1.76 bits per heavy atom. The van der Waals surface area contributed by atoms with Crippen molar-refractivity contribution in [3.8, 4) is 0 Å². The molecule has 2 fully saturated rings. The van der Waals surface area contributed by atoms with Crippen LogP contribution in [0.1, 0.15) is 73.1 Å². The van der Waals surface area contributed by atoms with Gasteiger partial charge in [-0.25, -0.2) is 0 Å². The van der Waals surface area contributed by atoms with Gasteiger partial charge >= 0.3 is 0 Å². The van der Waals surface area contributed by atoms with E-state index in [0.29, 0.717) is 10.7 Å². The van der Waals surface area contributed by atoms with Gasteiger partial charge < -0.3 is 5.73 Å². The topological polar surface area (TPSA) is 26.0 Å². The highest BCUT2D eigenvalue weighted by Crippen LogP contribution is 2.68. The molecular formula is C15H29BN. The van der Waals surface area contributed by atoms with Crippen LogP contribution in [0.2, 0.25) is 10.6 Å². The molecule has 0 amide bonds. The van der Waals surface area contributed by atoms with Gasteiger partial charge in [0.15, 0.2) is 0 Å². The number of hydrogen-bond acceptors (Lipinski definition) is 1. The molecule has 1 radical (unpaired) electrons. The van der Waals surface area contributed by atoms with E-state index in [4.69, 9.17) is 5.73 Å². The minimum Gasteiger partial charge on any atom is -0.326 e. The second-order valence-electron chi connectivity index (χ2n) is 8.14. The minimum absolute atomic E-state index is 0.0651. The van der Waals surface area contributed by atoms with E-state index in [1.165, 1.54) is 38.5 Å². The number of nitrogens with two attached hydrogens (primary N) is 1. The standard InChI is InChI=1S/C15H29BN/c1-12(2,3)14-8-6-7-9-15(16-14,11-10-14)13(4,5)17/h6-11,17H2,1-5H3. The van der Waals surface area contributed by atoms with Gasteiger partial charge in [0.05, 0.1) is 0 Å². The monoisotopic (exact) mass is 234 g/mol. The molecule has 2 rings (SSSR count). The third kappa shape index (κ3) is 1.97. The molecule has 2 saturated heterocycles. The predicted molar refractivity (Wildman–Crippen MR) is 76.6 cm³/mol. The maximum atomic E-state index is 6.52. The lowest BCUT2D eigenvalue weighted by Crippen LogP contribution is -2.48. The van der Waals surface area contributed by atoms with E-state index < -0.39 is 0 Å². The molecule has 0 aromatic carbocycles. The summed E-state index contributed by atoms with van der Waals surface area (Å²) in [4.78, 5) is 0. The SMILES string of the molecule is CC(C)(C)C12[B]C(C(C)(C)N)(CCCC1)CC2. The zero-order valence-corrected chi connectivity index (χ0v) is 12.4. The van der Waals surface area contributed by atoms with Gasteiger partial charge in [-0.3, -0.25) is 0 Å². The van der Waals surface area contributed by atoms with Crippen molar-refractivity contribution < 1.29 is 0 Å². The van der Waals surface area contributed by atoms with Crippen molar-refractivity contribution >= 4 is 7.28 Å². The van der Waals surface area contributed by atoms with Crippen molar-refractivity contribution in [3.63, 3.8) is 0 Å². The average molecular weight is 234 g/mol. The molecule has 97 valence electrons. The van der Waals surface area contributed by atoms with Crippen molar-refractivity contribution in [2.45, 2.75) is 89.3 Å². The van der Waals surface area contributed by atoms with Gasteiger partial charge in [-0.1, -0.05) is 64.6 Å². The molecule has 0 saturated carbocycles. The molecule has 2 heterocycles. The van der Waals surface area contributed by atoms with Gasteiger partial charge in [0.25, 0.3) is 0 Å². The van der Waals surface area contributed by atoms with Gasteiger partial charge in [-0.05, 0) is 24.6 Å². The van der Waals surface area contributed by atoms with Gasteiger partial charge in [-0.2, -0.15) is 0 Å². The molecule has 0 aliphatic carbocycles. The fourth-order valence-electron chi connectivity index (χ4n) is 4.19. The Morgan fingerprint density at radius 1 is 0.824 bits per heavy atom. The highest BCUT2D eigenvalue weighted by atomic mass is 14.8. The van der Waals surface area contributed by atoms with E-state index in [9.17, 15) is 0 Å². The van der Waals surface area contributed by atoms with Crippen LogP contribution in [0.25, 0.3) is 0 Å². The first kappa shape index (κ1) is 13.5. The summed E-state index contributed by atoms with van der Waals surface area (Å²) in [5, 5.41) is 0.719. The molecule has 0 spiro atoms. The molecule has 2 atom stereocenters. The van der Waals surface area contributed by atoms with E-state index in [1.807, 2.05) is 0 Å². The summed E-state index contributed by atoms with van der Waals surface area (Å²) in [6, 6.07) is 0. The molecule has 0 aromatic heterocycles. The molecular weight excluding hydrogens is 205 g/mol. The Hall–Kier alpha value is 0.0249. The Balaban J connectivity index is 2.37. The Morgan fingerprint density at radius 2 is 1.29 bits per heavy atom. The van der Waals surface area contributed by atoms with Crippen LogP contribution in [0.15, 0.2) is 0 Å². The first-order valence-corrected chi connectivity index (χ1v) is 7.28. The van der Waals surface area contributed by atoms with Gasteiger partial charge in [0.2, 0.25) is 0 Å².